The van der Waals surface area contributed by atoms with Gasteiger partial charge in [0, 0.05) is 40.8 Å². The van der Waals surface area contributed by atoms with Gasteiger partial charge in [-0.3, -0.25) is 4.79 Å². The van der Waals surface area contributed by atoms with Crippen molar-refractivity contribution < 1.29 is 23.7 Å². The summed E-state index contributed by atoms with van der Waals surface area (Å²) in [6.07, 6.45) is 1.01. The van der Waals surface area contributed by atoms with Crippen LogP contribution < -0.4 is 29.6 Å². The third kappa shape index (κ3) is 4.21. The number of allylic oxidation sites excluding steroid dienone is 1. The van der Waals surface area contributed by atoms with Crippen molar-refractivity contribution in [3.63, 3.8) is 0 Å². The number of Topliss-reactive ketones (excluding diaryl/α,β-unsaturated/α-hetero) is 1. The Hall–Kier alpha value is -4.13. The van der Waals surface area contributed by atoms with E-state index in [1.54, 1.807) is 28.4 Å². The number of anilines is 2. The minimum Gasteiger partial charge on any atom is -0.497 e. The van der Waals surface area contributed by atoms with Crippen LogP contribution in [0.25, 0.3) is 0 Å². The highest BCUT2D eigenvalue weighted by molar-refractivity contribution is 6.01. The molecule has 3 aromatic rings. The highest BCUT2D eigenvalue weighted by atomic mass is 16.5. The largest absolute Gasteiger partial charge is 0.497 e. The summed E-state index contributed by atoms with van der Waals surface area (Å²) in [5, 5.41) is 7.18. The van der Waals surface area contributed by atoms with Crippen LogP contribution in [0.5, 0.6) is 23.0 Å². The number of carbonyl (C=O) groups is 1. The monoisotopic (exact) mass is 486 g/mol. The number of rotatable bonds is 6. The molecule has 0 fully saturated rings. The molecule has 36 heavy (non-hydrogen) atoms. The first-order chi connectivity index (χ1) is 17.6. The predicted molar refractivity (Wildman–Crippen MR) is 140 cm³/mol. The Morgan fingerprint density at radius 2 is 1.42 bits per heavy atom. The van der Waals surface area contributed by atoms with Crippen LogP contribution in [0, 0.1) is 0 Å². The number of benzene rings is 3. The van der Waals surface area contributed by atoms with Gasteiger partial charge in [-0.05, 0) is 48.9 Å². The maximum Gasteiger partial charge on any atom is 0.163 e. The fraction of sp³-hybridized carbons (Fsp3) is 0.276. The van der Waals surface area contributed by atoms with Gasteiger partial charge in [0.1, 0.15) is 23.0 Å². The summed E-state index contributed by atoms with van der Waals surface area (Å²) in [5.74, 6) is 2.84. The Bertz CT molecular complexity index is 1330. The SMILES string of the molecule is COc1ccc(C2Nc3ccccc3NC3=C2C(=O)CC(c2cc(OC)ccc2OC)C3)c(OC)c1. The van der Waals surface area contributed by atoms with Crippen LogP contribution in [0.2, 0.25) is 0 Å². The summed E-state index contributed by atoms with van der Waals surface area (Å²) in [6.45, 7) is 0. The van der Waals surface area contributed by atoms with Gasteiger partial charge in [0.05, 0.1) is 45.9 Å². The predicted octanol–water partition coefficient (Wildman–Crippen LogP) is 5.70. The molecule has 7 nitrogen and oxygen atoms in total. The molecule has 7 heteroatoms. The molecule has 1 aliphatic carbocycles. The summed E-state index contributed by atoms with van der Waals surface area (Å²) in [4.78, 5) is 13.9. The summed E-state index contributed by atoms with van der Waals surface area (Å²) < 4.78 is 22.2. The van der Waals surface area contributed by atoms with Crippen molar-refractivity contribution in [1.29, 1.82) is 0 Å². The number of hydrogen-bond donors (Lipinski definition) is 2. The van der Waals surface area contributed by atoms with Gasteiger partial charge in [-0.25, -0.2) is 0 Å². The molecule has 0 bridgehead atoms. The van der Waals surface area contributed by atoms with Crippen LogP contribution in [-0.2, 0) is 4.79 Å². The van der Waals surface area contributed by atoms with E-state index >= 15 is 0 Å². The Balaban J connectivity index is 1.63. The smallest absolute Gasteiger partial charge is 0.163 e. The van der Waals surface area contributed by atoms with Crippen LogP contribution in [0.1, 0.15) is 35.9 Å². The molecule has 0 saturated carbocycles. The highest BCUT2D eigenvalue weighted by Crippen LogP contribution is 2.47. The van der Waals surface area contributed by atoms with Gasteiger partial charge in [-0.2, -0.15) is 0 Å². The molecule has 2 unspecified atom stereocenters. The number of ether oxygens (including phenoxy) is 4. The summed E-state index contributed by atoms with van der Waals surface area (Å²) >= 11 is 0. The van der Waals surface area contributed by atoms with Crippen LogP contribution >= 0.6 is 0 Å². The van der Waals surface area contributed by atoms with E-state index in [1.165, 1.54) is 0 Å². The summed E-state index contributed by atoms with van der Waals surface area (Å²) in [6, 6.07) is 19.0. The van der Waals surface area contributed by atoms with E-state index in [9.17, 15) is 4.79 Å². The Morgan fingerprint density at radius 3 is 2.14 bits per heavy atom. The highest BCUT2D eigenvalue weighted by Gasteiger charge is 2.38. The van der Waals surface area contributed by atoms with E-state index in [-0.39, 0.29) is 11.7 Å². The average molecular weight is 487 g/mol. The average Bonchev–Trinajstić information content (AvgIpc) is 3.09. The molecule has 0 amide bonds. The quantitative estimate of drug-likeness (QED) is 0.463. The molecule has 1 aliphatic heterocycles. The van der Waals surface area contributed by atoms with Gasteiger partial charge < -0.3 is 29.6 Å². The van der Waals surface area contributed by atoms with Crippen molar-refractivity contribution in [1.82, 2.24) is 0 Å². The molecular weight excluding hydrogens is 456 g/mol. The lowest BCUT2D eigenvalue weighted by Gasteiger charge is -2.31. The first-order valence-electron chi connectivity index (χ1n) is 11.9. The van der Waals surface area contributed by atoms with Gasteiger partial charge in [-0.1, -0.05) is 12.1 Å². The van der Waals surface area contributed by atoms with Crippen molar-refractivity contribution >= 4 is 17.2 Å². The number of hydrogen-bond acceptors (Lipinski definition) is 7. The molecule has 3 aromatic carbocycles. The van der Waals surface area contributed by atoms with Crippen molar-refractivity contribution in [2.75, 3.05) is 39.1 Å². The summed E-state index contributed by atoms with van der Waals surface area (Å²) in [7, 11) is 6.54. The van der Waals surface area contributed by atoms with E-state index in [0.717, 1.165) is 39.7 Å². The van der Waals surface area contributed by atoms with Gasteiger partial charge in [-0.15, -0.1) is 0 Å². The molecule has 5 rings (SSSR count). The molecule has 186 valence electrons. The number of ketones is 1. The number of para-hydroxylation sites is 2. The third-order valence-corrected chi connectivity index (χ3v) is 6.94. The lowest BCUT2D eigenvalue weighted by Crippen LogP contribution is -2.27. The van der Waals surface area contributed by atoms with Gasteiger partial charge in [0.15, 0.2) is 5.78 Å². The molecule has 0 aromatic heterocycles. The van der Waals surface area contributed by atoms with Crippen LogP contribution in [0.4, 0.5) is 11.4 Å². The second-order valence-corrected chi connectivity index (χ2v) is 8.88. The minimum absolute atomic E-state index is 0.0579. The van der Waals surface area contributed by atoms with Gasteiger partial charge in [0.25, 0.3) is 0 Å². The van der Waals surface area contributed by atoms with Crippen LogP contribution in [0.15, 0.2) is 71.9 Å². The first-order valence-corrected chi connectivity index (χ1v) is 11.9. The standard InChI is InChI=1S/C29H30N2O5/c1-33-18-10-12-26(35-3)21(15-18)17-13-24-28(25(32)14-17)29(31-23-8-6-5-7-22(23)30-24)20-11-9-19(34-2)16-27(20)36-4/h5-12,15-17,29-31H,13-14H2,1-4H3. The van der Waals surface area contributed by atoms with E-state index < -0.39 is 6.04 Å². The first kappa shape index (κ1) is 23.6. The maximum absolute atomic E-state index is 13.9. The van der Waals surface area contributed by atoms with Crippen LogP contribution in [-0.4, -0.2) is 34.2 Å². The Kier molecular flexibility index (Phi) is 6.46. The van der Waals surface area contributed by atoms with E-state index in [1.807, 2.05) is 60.7 Å². The van der Waals surface area contributed by atoms with E-state index in [0.29, 0.717) is 29.9 Å². The van der Waals surface area contributed by atoms with E-state index in [2.05, 4.69) is 10.6 Å². The molecule has 2 aliphatic rings. The molecule has 0 spiro atoms. The fourth-order valence-electron chi connectivity index (χ4n) is 5.16. The molecule has 1 heterocycles. The zero-order valence-electron chi connectivity index (χ0n) is 20.9. The normalized spacial score (nSPS) is 18.7. The molecular formula is C29H30N2O5. The zero-order valence-corrected chi connectivity index (χ0v) is 20.9. The van der Waals surface area contributed by atoms with Gasteiger partial charge >= 0.3 is 0 Å². The lowest BCUT2D eigenvalue weighted by molar-refractivity contribution is -0.116. The van der Waals surface area contributed by atoms with Gasteiger partial charge in [0.2, 0.25) is 0 Å². The Labute approximate surface area is 211 Å². The molecule has 2 atom stereocenters. The molecule has 0 saturated heterocycles. The topological polar surface area (TPSA) is 78.1 Å². The maximum atomic E-state index is 13.9. The number of methoxy groups -OCH3 is 4. The number of carbonyl (C=O) groups excluding carboxylic acids is 1. The lowest BCUT2D eigenvalue weighted by atomic mass is 9.78. The fourth-order valence-corrected chi connectivity index (χ4v) is 5.16. The second-order valence-electron chi connectivity index (χ2n) is 8.88. The minimum atomic E-state index is -0.391. The van der Waals surface area contributed by atoms with Crippen molar-refractivity contribution in [3.05, 3.63) is 83.1 Å². The van der Waals surface area contributed by atoms with Crippen LogP contribution in [0.3, 0.4) is 0 Å². The van der Waals surface area contributed by atoms with E-state index in [4.69, 9.17) is 18.9 Å². The zero-order chi connectivity index (χ0) is 25.2. The van der Waals surface area contributed by atoms with Crippen molar-refractivity contribution in [2.45, 2.75) is 24.8 Å². The molecule has 0 radical (unpaired) electrons. The third-order valence-electron chi connectivity index (χ3n) is 6.94. The second kappa shape index (κ2) is 9.85. The molecule has 2 N–H and O–H groups in total. The Morgan fingerprint density at radius 1 is 0.722 bits per heavy atom. The van der Waals surface area contributed by atoms with Crippen molar-refractivity contribution in [2.24, 2.45) is 0 Å². The number of nitrogens with one attached hydrogen (secondary N) is 2. The summed E-state index contributed by atoms with van der Waals surface area (Å²) in [5.41, 5.74) is 5.27. The number of fused-ring (bicyclic) bond motifs is 1. The van der Waals surface area contributed by atoms with Crippen molar-refractivity contribution in [3.8, 4) is 23.0 Å².